The maximum atomic E-state index is 16.1. The molecule has 2 fully saturated rings. The molecule has 2 aliphatic heterocycles. The van der Waals surface area contributed by atoms with Crippen molar-refractivity contribution < 1.29 is 23.1 Å². The normalized spacial score (nSPS) is 17.3. The van der Waals surface area contributed by atoms with Gasteiger partial charge in [-0.25, -0.2) is 18.7 Å². The van der Waals surface area contributed by atoms with E-state index >= 15 is 8.78 Å². The van der Waals surface area contributed by atoms with E-state index in [2.05, 4.69) is 41.5 Å². The number of nitrogens with one attached hydrogen (secondary N) is 5. The molecular weight excluding hydrogens is 642 g/mol. The number of hydrogen-bond donors (Lipinski definition) is 5. The van der Waals surface area contributed by atoms with Gasteiger partial charge in [0.25, 0.3) is 0 Å². The Bertz CT molecular complexity index is 1830. The van der Waals surface area contributed by atoms with Crippen LogP contribution in [-0.2, 0) is 22.7 Å². The number of pyridine rings is 3. The number of rotatable bonds is 13. The second-order valence-electron chi connectivity index (χ2n) is 11.7. The Balaban J connectivity index is 1.17. The van der Waals surface area contributed by atoms with Gasteiger partial charge in [-0.15, -0.1) is 0 Å². The topological polar surface area (TPSA) is 142 Å². The standard InChI is InChI=1S/C34H35ClF2N8O3/c1-48-34-20(16-39-18-22-7-10-28(47)43-22)5-8-25(45-34)23-12-14-40-32(31(23)37)24-3-2-4-26(29(24)35)44-33-30(36)19(11-13-41-33)15-38-17-21-6-9-27(46)42-21/h2-5,8,11-14,21-22,38-39H,6-7,9-10,15-18H2,1H3,(H,41,44)(H,42,46)(H,43,47)/t21-,22+/m1/s1. The molecule has 48 heavy (non-hydrogen) atoms. The van der Waals surface area contributed by atoms with E-state index in [-0.39, 0.29) is 52.5 Å². The van der Waals surface area contributed by atoms with Crippen LogP contribution in [0.1, 0.15) is 36.8 Å². The Morgan fingerprint density at radius 2 is 1.54 bits per heavy atom. The molecule has 0 aliphatic carbocycles. The highest BCUT2D eigenvalue weighted by Gasteiger charge is 2.23. The number of aromatic nitrogens is 3. The number of carbonyl (C=O) groups excluding carboxylic acids is 2. The summed E-state index contributed by atoms with van der Waals surface area (Å²) >= 11 is 6.76. The number of amides is 2. The molecule has 0 bridgehead atoms. The molecule has 5 N–H and O–H groups in total. The lowest BCUT2D eigenvalue weighted by atomic mass is 10.0. The Morgan fingerprint density at radius 1 is 0.854 bits per heavy atom. The van der Waals surface area contributed by atoms with Crippen molar-refractivity contribution in [3.63, 3.8) is 0 Å². The predicted molar refractivity (Wildman–Crippen MR) is 178 cm³/mol. The van der Waals surface area contributed by atoms with Gasteiger partial charge in [0, 0.05) is 85.8 Å². The molecule has 250 valence electrons. The number of benzene rings is 1. The summed E-state index contributed by atoms with van der Waals surface area (Å²) in [5.74, 6) is -0.810. The fourth-order valence-corrected chi connectivity index (χ4v) is 6.09. The van der Waals surface area contributed by atoms with Gasteiger partial charge in [0.05, 0.1) is 23.5 Å². The number of hydrogen-bond acceptors (Lipinski definition) is 9. The molecule has 4 aromatic rings. The molecular formula is C34H35ClF2N8O3. The van der Waals surface area contributed by atoms with Crippen LogP contribution in [0.15, 0.2) is 54.9 Å². The van der Waals surface area contributed by atoms with Gasteiger partial charge < -0.3 is 31.3 Å². The summed E-state index contributed by atoms with van der Waals surface area (Å²) in [7, 11) is 1.50. The van der Waals surface area contributed by atoms with Crippen LogP contribution in [0.2, 0.25) is 5.02 Å². The van der Waals surface area contributed by atoms with Crippen LogP contribution in [0.5, 0.6) is 5.88 Å². The second-order valence-corrected chi connectivity index (χ2v) is 12.1. The molecule has 2 aliphatic rings. The molecule has 2 atom stereocenters. The SMILES string of the molecule is COc1nc(-c2ccnc(-c3cccc(Nc4nccc(CNC[C@H]5CCC(=O)N5)c4F)c3Cl)c2F)ccc1CNC[C@@H]1CCC(=O)N1. The molecule has 2 saturated heterocycles. The molecule has 0 saturated carbocycles. The summed E-state index contributed by atoms with van der Waals surface area (Å²) in [5, 5.41) is 15.4. The van der Waals surface area contributed by atoms with Crippen LogP contribution in [0.3, 0.4) is 0 Å². The molecule has 2 amide bonds. The lowest BCUT2D eigenvalue weighted by Gasteiger charge is -2.15. The van der Waals surface area contributed by atoms with Crippen molar-refractivity contribution in [2.75, 3.05) is 25.5 Å². The summed E-state index contributed by atoms with van der Waals surface area (Å²) in [5.41, 5.74) is 2.32. The van der Waals surface area contributed by atoms with Crippen molar-refractivity contribution in [1.29, 1.82) is 0 Å². The summed E-state index contributed by atoms with van der Waals surface area (Å²) in [6, 6.07) is 11.7. The Labute approximate surface area is 281 Å². The van der Waals surface area contributed by atoms with Crippen LogP contribution in [0, 0.1) is 11.6 Å². The van der Waals surface area contributed by atoms with Crippen LogP contribution in [0.25, 0.3) is 22.5 Å². The van der Waals surface area contributed by atoms with E-state index in [0.717, 1.165) is 18.4 Å². The number of halogens is 3. The van der Waals surface area contributed by atoms with Gasteiger partial charge in [0.15, 0.2) is 17.5 Å². The minimum absolute atomic E-state index is 0.00310. The highest BCUT2D eigenvalue weighted by Crippen LogP contribution is 2.38. The van der Waals surface area contributed by atoms with E-state index in [4.69, 9.17) is 16.3 Å². The molecule has 14 heteroatoms. The molecule has 6 rings (SSSR count). The lowest BCUT2D eigenvalue weighted by Crippen LogP contribution is -2.35. The van der Waals surface area contributed by atoms with E-state index in [1.807, 2.05) is 6.07 Å². The largest absolute Gasteiger partial charge is 0.481 e. The zero-order chi connectivity index (χ0) is 33.6. The van der Waals surface area contributed by atoms with Crippen LogP contribution in [-0.4, -0.2) is 59.0 Å². The fraction of sp³-hybridized carbons (Fsp3) is 0.324. The number of ether oxygens (including phenoxy) is 1. The van der Waals surface area contributed by atoms with E-state index in [9.17, 15) is 9.59 Å². The van der Waals surface area contributed by atoms with Crippen LogP contribution >= 0.6 is 11.6 Å². The molecule has 0 spiro atoms. The van der Waals surface area contributed by atoms with Crippen molar-refractivity contribution in [3.05, 3.63) is 82.6 Å². The summed E-state index contributed by atoms with van der Waals surface area (Å²) in [4.78, 5) is 35.9. The van der Waals surface area contributed by atoms with Crippen molar-refractivity contribution in [3.8, 4) is 28.4 Å². The maximum Gasteiger partial charge on any atom is 0.220 e. The molecule has 0 radical (unpaired) electrons. The van der Waals surface area contributed by atoms with Crippen LogP contribution < -0.4 is 31.3 Å². The van der Waals surface area contributed by atoms with E-state index < -0.39 is 11.6 Å². The summed E-state index contributed by atoms with van der Waals surface area (Å²) in [6.07, 6.45) is 5.51. The van der Waals surface area contributed by atoms with Crippen molar-refractivity contribution in [2.45, 2.75) is 50.9 Å². The highest BCUT2D eigenvalue weighted by atomic mass is 35.5. The van der Waals surface area contributed by atoms with Gasteiger partial charge in [0.1, 0.15) is 5.69 Å². The fourth-order valence-electron chi connectivity index (χ4n) is 5.83. The predicted octanol–water partition coefficient (Wildman–Crippen LogP) is 4.63. The Hall–Kier alpha value is -4.72. The number of carbonyl (C=O) groups is 2. The second kappa shape index (κ2) is 15.0. The monoisotopic (exact) mass is 676 g/mol. The molecule has 5 heterocycles. The third-order valence-electron chi connectivity index (χ3n) is 8.36. The summed E-state index contributed by atoms with van der Waals surface area (Å²) in [6.45, 7) is 1.83. The van der Waals surface area contributed by atoms with Gasteiger partial charge in [-0.3, -0.25) is 14.6 Å². The number of nitrogens with zero attached hydrogens (tertiary/aromatic N) is 3. The van der Waals surface area contributed by atoms with Gasteiger partial charge in [0.2, 0.25) is 17.7 Å². The molecule has 1 aromatic carbocycles. The van der Waals surface area contributed by atoms with Gasteiger partial charge >= 0.3 is 0 Å². The first-order chi connectivity index (χ1) is 23.3. The van der Waals surface area contributed by atoms with Gasteiger partial charge in [-0.2, -0.15) is 0 Å². The molecule has 3 aromatic heterocycles. The minimum atomic E-state index is -0.634. The van der Waals surface area contributed by atoms with Gasteiger partial charge in [-0.05, 0) is 37.1 Å². The number of methoxy groups -OCH3 is 1. The number of anilines is 2. The quantitative estimate of drug-likeness (QED) is 0.137. The van der Waals surface area contributed by atoms with Crippen molar-refractivity contribution in [1.82, 2.24) is 36.2 Å². The minimum Gasteiger partial charge on any atom is -0.481 e. The highest BCUT2D eigenvalue weighted by molar-refractivity contribution is 6.36. The molecule has 11 nitrogen and oxygen atoms in total. The van der Waals surface area contributed by atoms with Gasteiger partial charge in [-0.1, -0.05) is 29.8 Å². The van der Waals surface area contributed by atoms with Crippen molar-refractivity contribution in [2.24, 2.45) is 0 Å². The first kappa shape index (κ1) is 33.2. The molecule has 0 unspecified atom stereocenters. The Morgan fingerprint density at radius 3 is 2.21 bits per heavy atom. The zero-order valence-corrected chi connectivity index (χ0v) is 27.0. The third kappa shape index (κ3) is 7.53. The first-order valence-electron chi connectivity index (χ1n) is 15.7. The smallest absolute Gasteiger partial charge is 0.220 e. The lowest BCUT2D eigenvalue weighted by molar-refractivity contribution is -0.120. The first-order valence-corrected chi connectivity index (χ1v) is 16.1. The van der Waals surface area contributed by atoms with E-state index in [1.165, 1.54) is 25.6 Å². The third-order valence-corrected chi connectivity index (χ3v) is 8.76. The maximum absolute atomic E-state index is 16.1. The summed E-state index contributed by atoms with van der Waals surface area (Å²) < 4.78 is 37.1. The van der Waals surface area contributed by atoms with Crippen LogP contribution in [0.4, 0.5) is 20.3 Å². The Kier molecular flexibility index (Phi) is 10.4. The average molecular weight is 677 g/mol. The van der Waals surface area contributed by atoms with E-state index in [1.54, 1.807) is 30.3 Å². The average Bonchev–Trinajstić information content (AvgIpc) is 3.70. The van der Waals surface area contributed by atoms with Crippen molar-refractivity contribution >= 4 is 34.9 Å². The van der Waals surface area contributed by atoms with E-state index in [0.29, 0.717) is 60.9 Å². The zero-order valence-electron chi connectivity index (χ0n) is 26.2.